The van der Waals surface area contributed by atoms with E-state index in [4.69, 9.17) is 10.5 Å². The van der Waals surface area contributed by atoms with Crippen molar-refractivity contribution >= 4 is 23.2 Å². The van der Waals surface area contributed by atoms with Crippen LogP contribution in [-0.4, -0.2) is 24.2 Å². The summed E-state index contributed by atoms with van der Waals surface area (Å²) >= 11 is 1.57. The Morgan fingerprint density at radius 2 is 1.96 bits per heavy atom. The largest absolute Gasteiger partial charge is 0.454 e. The molecule has 0 aromatic heterocycles. The Labute approximate surface area is 161 Å². The molecule has 0 saturated heterocycles. The van der Waals surface area contributed by atoms with Crippen LogP contribution in [0.25, 0.3) is 5.57 Å². The van der Waals surface area contributed by atoms with Gasteiger partial charge in [-0.2, -0.15) is 0 Å². The van der Waals surface area contributed by atoms with Crippen molar-refractivity contribution in [3.8, 4) is 11.5 Å². The van der Waals surface area contributed by atoms with Crippen molar-refractivity contribution in [2.75, 3.05) is 24.1 Å². The molecule has 2 aromatic rings. The third-order valence-electron chi connectivity index (χ3n) is 3.87. The van der Waals surface area contributed by atoms with Crippen molar-refractivity contribution in [2.24, 2.45) is 5.73 Å². The normalized spacial score (nSPS) is 13.9. The van der Waals surface area contributed by atoms with Gasteiger partial charge in [-0.15, -0.1) is 0 Å². The summed E-state index contributed by atoms with van der Waals surface area (Å²) in [5, 5.41) is 0. The number of nitrogens with one attached hydrogen (secondary N) is 1. The smallest absolute Gasteiger partial charge is 0.168 e. The minimum absolute atomic E-state index is 0.0389. The first-order valence-corrected chi connectivity index (χ1v) is 9.48. The Balaban J connectivity index is 2.02. The number of allylic oxidation sites excluding steroid dienone is 2. The summed E-state index contributed by atoms with van der Waals surface area (Å²) in [5.74, 6) is -0.0775. The summed E-state index contributed by atoms with van der Waals surface area (Å²) < 4.78 is 36.2. The molecular formula is C20H21F2N3OS. The van der Waals surface area contributed by atoms with E-state index in [1.807, 2.05) is 36.4 Å². The summed E-state index contributed by atoms with van der Waals surface area (Å²) in [7, 11) is 1.93. The second-order valence-electron chi connectivity index (χ2n) is 6.14. The number of hydrogen-bond donors (Lipinski definition) is 2. The molecule has 0 saturated carbocycles. The Morgan fingerprint density at radius 3 is 2.67 bits per heavy atom. The molecule has 0 atom stereocenters. The molecule has 0 spiro atoms. The van der Waals surface area contributed by atoms with Crippen molar-refractivity contribution in [1.82, 2.24) is 4.90 Å². The second kappa shape index (κ2) is 8.35. The topological polar surface area (TPSA) is 50.5 Å². The van der Waals surface area contributed by atoms with E-state index in [2.05, 4.69) is 11.6 Å². The summed E-state index contributed by atoms with van der Waals surface area (Å²) in [4.78, 5) is 1.97. The molecule has 1 aliphatic heterocycles. The van der Waals surface area contributed by atoms with Gasteiger partial charge in [0.2, 0.25) is 0 Å². The highest BCUT2D eigenvalue weighted by atomic mass is 32.2. The van der Waals surface area contributed by atoms with Crippen LogP contribution in [0.1, 0.15) is 12.5 Å². The Kier molecular flexibility index (Phi) is 5.91. The zero-order valence-electron chi connectivity index (χ0n) is 15.1. The van der Waals surface area contributed by atoms with Gasteiger partial charge in [-0.1, -0.05) is 18.9 Å². The lowest BCUT2D eigenvalue weighted by molar-refractivity contribution is 0.436. The number of hydrogen-bond acceptors (Lipinski definition) is 5. The van der Waals surface area contributed by atoms with Crippen LogP contribution in [0, 0.1) is 11.6 Å². The highest BCUT2D eigenvalue weighted by Gasteiger charge is 2.16. The average molecular weight is 389 g/mol. The molecule has 7 heteroatoms. The lowest BCUT2D eigenvalue weighted by Crippen LogP contribution is -2.22. The van der Waals surface area contributed by atoms with Crippen molar-refractivity contribution < 1.29 is 13.5 Å². The van der Waals surface area contributed by atoms with E-state index in [-0.39, 0.29) is 5.75 Å². The Morgan fingerprint density at radius 1 is 1.19 bits per heavy atom. The molecule has 3 N–H and O–H groups in total. The minimum atomic E-state index is -0.755. The van der Waals surface area contributed by atoms with Crippen LogP contribution in [-0.2, 0) is 0 Å². The van der Waals surface area contributed by atoms with Crippen LogP contribution < -0.4 is 15.2 Å². The highest BCUT2D eigenvalue weighted by Crippen LogP contribution is 2.36. The van der Waals surface area contributed by atoms with Crippen molar-refractivity contribution in [3.63, 3.8) is 0 Å². The van der Waals surface area contributed by atoms with Crippen LogP contribution in [0.2, 0.25) is 0 Å². The fraction of sp³-hybridized carbons (Fsp3) is 0.200. The van der Waals surface area contributed by atoms with Crippen LogP contribution in [0.4, 0.5) is 14.5 Å². The second-order valence-corrected chi connectivity index (χ2v) is 7.21. The van der Waals surface area contributed by atoms with E-state index in [0.29, 0.717) is 12.3 Å². The van der Waals surface area contributed by atoms with Crippen LogP contribution in [0.3, 0.4) is 0 Å². The molecule has 0 radical (unpaired) electrons. The maximum Gasteiger partial charge on any atom is 0.168 e. The van der Waals surface area contributed by atoms with Gasteiger partial charge in [0, 0.05) is 47.6 Å². The number of benzene rings is 2. The molecule has 0 unspecified atom stereocenters. The lowest BCUT2D eigenvalue weighted by atomic mass is 10.0. The maximum atomic E-state index is 14.0. The van der Waals surface area contributed by atoms with Gasteiger partial charge >= 0.3 is 0 Å². The molecule has 3 rings (SSSR count). The van der Waals surface area contributed by atoms with Gasteiger partial charge in [0.15, 0.2) is 11.6 Å². The fourth-order valence-electron chi connectivity index (χ4n) is 2.74. The van der Waals surface area contributed by atoms with Crippen LogP contribution >= 0.6 is 11.9 Å². The first kappa shape index (κ1) is 19.1. The molecule has 27 heavy (non-hydrogen) atoms. The summed E-state index contributed by atoms with van der Waals surface area (Å²) in [6.45, 7) is 2.69. The first-order valence-electron chi connectivity index (χ1n) is 8.49. The van der Waals surface area contributed by atoms with Gasteiger partial charge in [0.05, 0.1) is 6.54 Å². The molecule has 0 fully saturated rings. The number of likely N-dealkylation sites (N-methyl/N-ethyl adjacent to an activating group) is 1. The molecule has 1 aliphatic rings. The Bertz CT molecular complexity index is 899. The first-order chi connectivity index (χ1) is 13.0. The van der Waals surface area contributed by atoms with E-state index in [9.17, 15) is 8.78 Å². The zero-order valence-corrected chi connectivity index (χ0v) is 15.9. The average Bonchev–Trinajstić information content (AvgIpc) is 2.62. The van der Waals surface area contributed by atoms with Gasteiger partial charge in [-0.05, 0) is 36.4 Å². The third kappa shape index (κ3) is 4.74. The van der Waals surface area contributed by atoms with E-state index < -0.39 is 11.6 Å². The quantitative estimate of drug-likeness (QED) is 0.684. The van der Waals surface area contributed by atoms with E-state index >= 15 is 0 Å². The molecule has 0 bridgehead atoms. The molecule has 2 aromatic carbocycles. The van der Waals surface area contributed by atoms with Gasteiger partial charge in [0.25, 0.3) is 0 Å². The minimum Gasteiger partial charge on any atom is -0.454 e. The number of ether oxygens (including phenoxy) is 1. The predicted octanol–water partition coefficient (Wildman–Crippen LogP) is 4.97. The zero-order chi connectivity index (χ0) is 19.4. The lowest BCUT2D eigenvalue weighted by Gasteiger charge is -2.23. The molecule has 1 heterocycles. The van der Waals surface area contributed by atoms with Crippen molar-refractivity contribution in [3.05, 3.63) is 71.6 Å². The van der Waals surface area contributed by atoms with E-state index in [0.717, 1.165) is 40.4 Å². The monoisotopic (exact) mass is 389 g/mol. The molecular weight excluding hydrogens is 368 g/mol. The maximum absolute atomic E-state index is 14.0. The van der Waals surface area contributed by atoms with Crippen LogP contribution in [0.5, 0.6) is 11.5 Å². The Hall–Kier alpha value is -2.67. The molecule has 0 amide bonds. The van der Waals surface area contributed by atoms with E-state index in [1.54, 1.807) is 18.0 Å². The van der Waals surface area contributed by atoms with Gasteiger partial charge in [-0.3, -0.25) is 0 Å². The summed E-state index contributed by atoms with van der Waals surface area (Å²) in [6, 6.07) is 8.78. The fourth-order valence-corrected chi connectivity index (χ4v) is 3.18. The summed E-state index contributed by atoms with van der Waals surface area (Å²) in [6.07, 6.45) is 3.83. The van der Waals surface area contributed by atoms with Crippen molar-refractivity contribution in [1.29, 1.82) is 0 Å². The van der Waals surface area contributed by atoms with Crippen LogP contribution in [0.15, 0.2) is 54.4 Å². The van der Waals surface area contributed by atoms with Crippen molar-refractivity contribution in [2.45, 2.75) is 6.92 Å². The number of rotatable bonds is 6. The predicted molar refractivity (Wildman–Crippen MR) is 108 cm³/mol. The summed E-state index contributed by atoms with van der Waals surface area (Å²) in [5.41, 5.74) is 9.25. The third-order valence-corrected chi connectivity index (χ3v) is 4.54. The number of anilines is 1. The van der Waals surface area contributed by atoms with E-state index in [1.165, 1.54) is 6.07 Å². The number of nitrogens with zero attached hydrogens (tertiary/aromatic N) is 1. The van der Waals surface area contributed by atoms with Gasteiger partial charge in [-0.25, -0.2) is 8.78 Å². The number of nitrogens with two attached hydrogens (primary N) is 1. The molecule has 4 nitrogen and oxygen atoms in total. The highest BCUT2D eigenvalue weighted by molar-refractivity contribution is 8.00. The molecule has 142 valence electrons. The molecule has 0 aliphatic carbocycles. The number of halogens is 2. The van der Waals surface area contributed by atoms with Gasteiger partial charge < -0.3 is 20.1 Å². The SMILES string of the molecule is CCSNc1ccc(Oc2ccc(F)cc2F)c(C2=CN(C)CC(N)=C2)c1. The van der Waals surface area contributed by atoms with Gasteiger partial charge in [0.1, 0.15) is 11.6 Å². The standard InChI is InChI=1S/C20H21F2N3OS/c1-3-27-24-16-5-7-19(26-20-6-4-14(21)9-18(20)22)17(10-16)13-8-15(23)12-25(2)11-13/h4-11,24H,3,12,23H2,1-2H3.